The summed E-state index contributed by atoms with van der Waals surface area (Å²) < 4.78 is 1.67. The fraction of sp³-hybridized carbons (Fsp3) is 0.333. The highest BCUT2D eigenvalue weighted by atomic mass is 32.1. The van der Waals surface area contributed by atoms with E-state index < -0.39 is 0 Å². The third kappa shape index (κ3) is 2.56. The molecule has 3 rings (SSSR count). The Labute approximate surface area is 123 Å². The lowest BCUT2D eigenvalue weighted by Crippen LogP contribution is -2.13. The summed E-state index contributed by atoms with van der Waals surface area (Å²) in [4.78, 5) is 13.4. The molecule has 104 valence electrons. The second kappa shape index (κ2) is 5.29. The number of hydrogen-bond acceptors (Lipinski definition) is 6. The van der Waals surface area contributed by atoms with Gasteiger partial charge in [-0.25, -0.2) is 0 Å². The number of anilines is 1. The summed E-state index contributed by atoms with van der Waals surface area (Å²) in [6.07, 6.45) is 0.484. The van der Waals surface area contributed by atoms with Crippen molar-refractivity contribution in [3.8, 4) is 10.7 Å². The maximum atomic E-state index is 11.7. The van der Waals surface area contributed by atoms with Gasteiger partial charge in [0.1, 0.15) is 0 Å². The second-order valence-corrected chi connectivity index (χ2v) is 6.65. The summed E-state index contributed by atoms with van der Waals surface area (Å²) in [5, 5.41) is 17.9. The Balaban J connectivity index is 1.87. The zero-order valence-corrected chi connectivity index (χ0v) is 12.7. The first-order chi connectivity index (χ1) is 9.63. The molecule has 3 heterocycles. The van der Waals surface area contributed by atoms with Crippen molar-refractivity contribution in [3.63, 3.8) is 0 Å². The summed E-state index contributed by atoms with van der Waals surface area (Å²) >= 11 is 2.90. The maximum Gasteiger partial charge on any atom is 0.236 e. The number of hydrogen-bond donors (Lipinski definition) is 1. The Bertz CT molecular complexity index is 728. The van der Waals surface area contributed by atoms with Crippen molar-refractivity contribution in [1.29, 1.82) is 0 Å². The van der Waals surface area contributed by atoms with E-state index in [9.17, 15) is 4.79 Å². The number of carbonyl (C=O) groups is 1. The number of fused-ring (bicyclic) bond motifs is 1. The van der Waals surface area contributed by atoms with Crippen molar-refractivity contribution in [2.24, 2.45) is 5.92 Å². The molecule has 0 aromatic carbocycles. The average Bonchev–Trinajstić information content (AvgIpc) is 3.01. The van der Waals surface area contributed by atoms with E-state index in [1.807, 2.05) is 31.4 Å². The van der Waals surface area contributed by atoms with Crippen LogP contribution in [0.25, 0.3) is 15.7 Å². The first-order valence-corrected chi connectivity index (χ1v) is 7.89. The summed E-state index contributed by atoms with van der Waals surface area (Å²) in [6, 6.07) is 3.93. The predicted molar refractivity (Wildman–Crippen MR) is 80.1 cm³/mol. The lowest BCUT2D eigenvalue weighted by molar-refractivity contribution is -0.116. The molecule has 20 heavy (non-hydrogen) atoms. The van der Waals surface area contributed by atoms with Crippen molar-refractivity contribution in [3.05, 3.63) is 17.5 Å². The number of carbonyl (C=O) groups excluding carboxylic acids is 1. The Morgan fingerprint density at radius 2 is 2.30 bits per heavy atom. The van der Waals surface area contributed by atoms with Crippen molar-refractivity contribution in [1.82, 2.24) is 19.8 Å². The molecule has 0 aliphatic heterocycles. The Morgan fingerprint density at radius 3 is 3.00 bits per heavy atom. The summed E-state index contributed by atoms with van der Waals surface area (Å²) in [6.45, 7) is 4.01. The number of amides is 1. The molecule has 0 spiro atoms. The largest absolute Gasteiger partial charge is 0.301 e. The van der Waals surface area contributed by atoms with Gasteiger partial charge in [0.05, 0.1) is 4.88 Å². The highest BCUT2D eigenvalue weighted by Crippen LogP contribution is 2.26. The van der Waals surface area contributed by atoms with Crippen LogP contribution in [-0.4, -0.2) is 25.7 Å². The van der Waals surface area contributed by atoms with E-state index in [4.69, 9.17) is 0 Å². The zero-order chi connectivity index (χ0) is 14.1. The highest BCUT2D eigenvalue weighted by molar-refractivity contribution is 7.20. The molecule has 0 saturated heterocycles. The van der Waals surface area contributed by atoms with Crippen LogP contribution in [0.15, 0.2) is 17.5 Å². The average molecular weight is 307 g/mol. The van der Waals surface area contributed by atoms with E-state index in [1.54, 1.807) is 15.9 Å². The number of nitrogens with zero attached hydrogens (tertiary/aromatic N) is 4. The van der Waals surface area contributed by atoms with Gasteiger partial charge in [-0.15, -0.1) is 26.6 Å². The van der Waals surface area contributed by atoms with Crippen molar-refractivity contribution in [2.45, 2.75) is 20.3 Å². The Hall–Kier alpha value is -1.80. The summed E-state index contributed by atoms with van der Waals surface area (Å²) in [5.41, 5.74) is 0. The molecule has 3 aromatic heterocycles. The van der Waals surface area contributed by atoms with E-state index in [2.05, 4.69) is 20.6 Å². The molecule has 0 saturated carbocycles. The van der Waals surface area contributed by atoms with E-state index in [0.29, 0.717) is 28.3 Å². The van der Waals surface area contributed by atoms with Crippen LogP contribution in [0.3, 0.4) is 0 Å². The van der Waals surface area contributed by atoms with Crippen LogP contribution in [0.1, 0.15) is 20.3 Å². The second-order valence-electron chi connectivity index (χ2n) is 4.75. The SMILES string of the molecule is CC(C)CC(=O)Nc1nn2c(-c3cccs3)nnc2s1. The molecule has 0 atom stereocenters. The van der Waals surface area contributed by atoms with Gasteiger partial charge in [0.2, 0.25) is 16.0 Å². The smallest absolute Gasteiger partial charge is 0.236 e. The Morgan fingerprint density at radius 1 is 1.45 bits per heavy atom. The van der Waals surface area contributed by atoms with Crippen LogP contribution in [-0.2, 0) is 4.79 Å². The van der Waals surface area contributed by atoms with E-state index in [1.165, 1.54) is 11.3 Å². The van der Waals surface area contributed by atoms with Crippen LogP contribution in [0.4, 0.5) is 5.13 Å². The predicted octanol–water partition coefficient (Wildman–Crippen LogP) is 2.90. The number of nitrogens with one attached hydrogen (secondary N) is 1. The van der Waals surface area contributed by atoms with Crippen LogP contribution in [0.5, 0.6) is 0 Å². The van der Waals surface area contributed by atoms with Gasteiger partial charge in [-0.1, -0.05) is 31.3 Å². The van der Waals surface area contributed by atoms with Gasteiger partial charge in [0.15, 0.2) is 5.82 Å². The van der Waals surface area contributed by atoms with E-state index in [-0.39, 0.29) is 5.91 Å². The number of thiophene rings is 1. The van der Waals surface area contributed by atoms with Gasteiger partial charge in [0.25, 0.3) is 0 Å². The normalized spacial score (nSPS) is 11.3. The zero-order valence-electron chi connectivity index (χ0n) is 11.0. The van der Waals surface area contributed by atoms with Gasteiger partial charge in [-0.05, 0) is 17.4 Å². The molecule has 3 aromatic rings. The molecular weight excluding hydrogens is 294 g/mol. The molecule has 1 amide bonds. The van der Waals surface area contributed by atoms with Crippen LogP contribution >= 0.6 is 22.7 Å². The summed E-state index contributed by atoms with van der Waals surface area (Å²) in [7, 11) is 0. The first-order valence-electron chi connectivity index (χ1n) is 6.19. The number of aromatic nitrogens is 4. The third-order valence-electron chi connectivity index (χ3n) is 2.57. The van der Waals surface area contributed by atoms with E-state index >= 15 is 0 Å². The molecule has 8 heteroatoms. The summed E-state index contributed by atoms with van der Waals surface area (Å²) in [5.74, 6) is 1.00. The maximum absolute atomic E-state index is 11.7. The standard InChI is InChI=1S/C12H13N5OS2/c1-7(2)6-9(18)13-11-16-17-10(8-4-3-5-19-8)14-15-12(17)20-11/h3-5,7H,6H2,1-2H3,(H,13,16,18). The molecule has 0 aliphatic carbocycles. The minimum atomic E-state index is -0.0253. The van der Waals surface area contributed by atoms with E-state index in [0.717, 1.165) is 4.88 Å². The molecule has 0 unspecified atom stereocenters. The van der Waals surface area contributed by atoms with Crippen molar-refractivity contribution >= 4 is 38.7 Å². The fourth-order valence-electron chi connectivity index (χ4n) is 1.77. The third-order valence-corrected chi connectivity index (χ3v) is 4.25. The minimum absolute atomic E-state index is 0.0253. The fourth-order valence-corrected chi connectivity index (χ4v) is 3.22. The minimum Gasteiger partial charge on any atom is -0.301 e. The van der Waals surface area contributed by atoms with Crippen LogP contribution in [0, 0.1) is 5.92 Å². The number of rotatable bonds is 4. The van der Waals surface area contributed by atoms with Crippen molar-refractivity contribution < 1.29 is 4.79 Å². The topological polar surface area (TPSA) is 72.2 Å². The van der Waals surface area contributed by atoms with Gasteiger partial charge in [-0.2, -0.15) is 4.52 Å². The van der Waals surface area contributed by atoms with Gasteiger partial charge in [-0.3, -0.25) is 4.79 Å². The molecule has 0 radical (unpaired) electrons. The molecular formula is C12H13N5OS2. The molecule has 0 aliphatic rings. The lowest BCUT2D eigenvalue weighted by atomic mass is 10.1. The van der Waals surface area contributed by atoms with Crippen LogP contribution < -0.4 is 5.32 Å². The first kappa shape index (κ1) is 13.2. The molecule has 6 nitrogen and oxygen atoms in total. The monoisotopic (exact) mass is 307 g/mol. The Kier molecular flexibility index (Phi) is 3.49. The van der Waals surface area contributed by atoms with Gasteiger partial charge < -0.3 is 5.32 Å². The quantitative estimate of drug-likeness (QED) is 0.804. The van der Waals surface area contributed by atoms with Crippen LogP contribution in [0.2, 0.25) is 0 Å². The van der Waals surface area contributed by atoms with Gasteiger partial charge >= 0.3 is 0 Å². The molecule has 1 N–H and O–H groups in total. The molecule has 0 bridgehead atoms. The van der Waals surface area contributed by atoms with Crippen molar-refractivity contribution in [2.75, 3.05) is 5.32 Å². The van der Waals surface area contributed by atoms with Gasteiger partial charge in [0, 0.05) is 6.42 Å². The highest BCUT2D eigenvalue weighted by Gasteiger charge is 2.15. The lowest BCUT2D eigenvalue weighted by Gasteiger charge is -2.02. The molecule has 0 fully saturated rings.